The predicted octanol–water partition coefficient (Wildman–Crippen LogP) is 2.57. The summed E-state index contributed by atoms with van der Waals surface area (Å²) < 4.78 is 5.43. The van der Waals surface area contributed by atoms with Crippen molar-refractivity contribution in [3.8, 4) is 0 Å². The normalized spacial score (nSPS) is 27.3. The summed E-state index contributed by atoms with van der Waals surface area (Å²) in [5.41, 5.74) is -0.297. The highest BCUT2D eigenvalue weighted by atomic mass is 16.5. The van der Waals surface area contributed by atoms with E-state index in [1.807, 2.05) is 32.9 Å². The summed E-state index contributed by atoms with van der Waals surface area (Å²) in [6, 6.07) is -0.480. The Labute approximate surface area is 180 Å². The first kappa shape index (κ1) is 24.4. The minimum absolute atomic E-state index is 0.0417. The molecule has 2 amide bonds. The van der Waals surface area contributed by atoms with Crippen molar-refractivity contribution >= 4 is 17.8 Å². The standard InChI is InChI=1S/C23H38N2O5/c1-23(2,3)19-16-30-21(28)12-8-6-4-5-7-10-17(22(29)24-19)14-20(27)25-13-9-11-18(25)15-26/h5,7,17-19,26H,4,6,8-16H2,1-3H3,(H,24,29). The van der Waals surface area contributed by atoms with Crippen LogP contribution in [0, 0.1) is 11.3 Å². The first-order chi connectivity index (χ1) is 14.2. The Kier molecular flexibility index (Phi) is 9.34. The average molecular weight is 423 g/mol. The van der Waals surface area contributed by atoms with Gasteiger partial charge < -0.3 is 20.1 Å². The quantitative estimate of drug-likeness (QED) is 0.538. The van der Waals surface area contributed by atoms with E-state index in [1.54, 1.807) is 4.90 Å². The number of hydrogen-bond acceptors (Lipinski definition) is 5. The third-order valence-corrected chi connectivity index (χ3v) is 6.06. The van der Waals surface area contributed by atoms with E-state index in [0.717, 1.165) is 32.1 Å². The number of allylic oxidation sites excluding steroid dienone is 2. The van der Waals surface area contributed by atoms with Gasteiger partial charge in [0, 0.05) is 19.4 Å². The number of nitrogens with one attached hydrogen (secondary N) is 1. The lowest BCUT2D eigenvalue weighted by atomic mass is 9.86. The molecule has 0 saturated carbocycles. The number of carbonyl (C=O) groups excluding carboxylic acids is 3. The molecule has 0 aliphatic carbocycles. The first-order valence-corrected chi connectivity index (χ1v) is 11.2. The minimum atomic E-state index is -0.489. The van der Waals surface area contributed by atoms with Crippen LogP contribution in [0.4, 0.5) is 0 Å². The summed E-state index contributed by atoms with van der Waals surface area (Å²) >= 11 is 0. The second-order valence-electron chi connectivity index (χ2n) is 9.53. The van der Waals surface area contributed by atoms with E-state index in [4.69, 9.17) is 4.74 Å². The molecule has 2 rings (SSSR count). The molecule has 170 valence electrons. The van der Waals surface area contributed by atoms with Crippen LogP contribution in [0.25, 0.3) is 0 Å². The molecule has 0 radical (unpaired) electrons. The van der Waals surface area contributed by atoms with E-state index in [0.29, 0.717) is 19.4 Å². The molecular weight excluding hydrogens is 384 g/mol. The van der Waals surface area contributed by atoms with Gasteiger partial charge in [-0.15, -0.1) is 0 Å². The molecule has 0 aromatic rings. The monoisotopic (exact) mass is 422 g/mol. The molecule has 0 aromatic carbocycles. The Hall–Kier alpha value is -1.89. The fourth-order valence-corrected chi connectivity index (χ4v) is 3.92. The van der Waals surface area contributed by atoms with Crippen molar-refractivity contribution in [2.75, 3.05) is 19.8 Å². The maximum atomic E-state index is 13.1. The van der Waals surface area contributed by atoms with E-state index in [1.165, 1.54) is 0 Å². The van der Waals surface area contributed by atoms with Crippen LogP contribution in [0.15, 0.2) is 12.2 Å². The van der Waals surface area contributed by atoms with Crippen LogP contribution in [0.3, 0.4) is 0 Å². The zero-order valence-corrected chi connectivity index (χ0v) is 18.7. The van der Waals surface area contributed by atoms with Gasteiger partial charge in [-0.05, 0) is 43.9 Å². The minimum Gasteiger partial charge on any atom is -0.463 e. The summed E-state index contributed by atoms with van der Waals surface area (Å²) in [5, 5.41) is 12.6. The number of rotatable bonds is 3. The van der Waals surface area contributed by atoms with Crippen molar-refractivity contribution in [2.24, 2.45) is 11.3 Å². The third kappa shape index (κ3) is 7.42. The number of aliphatic hydroxyl groups is 1. The van der Waals surface area contributed by atoms with Crippen LogP contribution < -0.4 is 5.32 Å². The highest BCUT2D eigenvalue weighted by Crippen LogP contribution is 2.24. The zero-order chi connectivity index (χ0) is 22.1. The molecule has 7 nitrogen and oxygen atoms in total. The van der Waals surface area contributed by atoms with E-state index in [9.17, 15) is 19.5 Å². The van der Waals surface area contributed by atoms with Gasteiger partial charge in [-0.2, -0.15) is 0 Å². The van der Waals surface area contributed by atoms with Crippen molar-refractivity contribution in [1.82, 2.24) is 10.2 Å². The molecule has 1 saturated heterocycles. The molecule has 0 aromatic heterocycles. The largest absolute Gasteiger partial charge is 0.463 e. The number of amides is 2. The molecule has 1 fully saturated rings. The van der Waals surface area contributed by atoms with Gasteiger partial charge in [0.25, 0.3) is 0 Å². The summed E-state index contributed by atoms with van der Waals surface area (Å²) in [6.45, 7) is 6.69. The number of likely N-dealkylation sites (tertiary alicyclic amines) is 1. The number of carbonyl (C=O) groups is 3. The molecule has 30 heavy (non-hydrogen) atoms. The number of cyclic esters (lactones) is 1. The maximum Gasteiger partial charge on any atom is 0.305 e. The highest BCUT2D eigenvalue weighted by Gasteiger charge is 2.34. The lowest BCUT2D eigenvalue weighted by molar-refractivity contribution is -0.146. The van der Waals surface area contributed by atoms with Gasteiger partial charge in [0.1, 0.15) is 6.61 Å². The summed E-state index contributed by atoms with van der Waals surface area (Å²) in [7, 11) is 0. The molecule has 2 heterocycles. The molecule has 3 unspecified atom stereocenters. The van der Waals surface area contributed by atoms with E-state index in [2.05, 4.69) is 5.32 Å². The van der Waals surface area contributed by atoms with Crippen LogP contribution in [0.2, 0.25) is 0 Å². The molecule has 3 atom stereocenters. The van der Waals surface area contributed by atoms with Gasteiger partial charge in [-0.3, -0.25) is 14.4 Å². The van der Waals surface area contributed by atoms with Crippen LogP contribution in [0.1, 0.15) is 72.1 Å². The lowest BCUT2D eigenvalue weighted by Crippen LogP contribution is -2.49. The number of aliphatic hydroxyl groups excluding tert-OH is 1. The van der Waals surface area contributed by atoms with E-state index >= 15 is 0 Å². The SMILES string of the molecule is CC(C)(C)C1COC(=O)CCCCC=CCC(CC(=O)N2CCCC2CO)C(=O)N1. The average Bonchev–Trinajstić information content (AvgIpc) is 3.16. The topological polar surface area (TPSA) is 95.9 Å². The van der Waals surface area contributed by atoms with Gasteiger partial charge in [-0.25, -0.2) is 0 Å². The smallest absolute Gasteiger partial charge is 0.305 e. The van der Waals surface area contributed by atoms with E-state index in [-0.39, 0.29) is 54.9 Å². The zero-order valence-electron chi connectivity index (χ0n) is 18.7. The Bertz CT molecular complexity index is 626. The number of esters is 1. The third-order valence-electron chi connectivity index (χ3n) is 6.06. The molecule has 0 spiro atoms. The number of ether oxygens (including phenoxy) is 1. The van der Waals surface area contributed by atoms with Crippen LogP contribution in [-0.4, -0.2) is 59.6 Å². The fourth-order valence-electron chi connectivity index (χ4n) is 3.92. The van der Waals surface area contributed by atoms with Crippen molar-refractivity contribution < 1.29 is 24.2 Å². The van der Waals surface area contributed by atoms with Crippen molar-refractivity contribution in [3.05, 3.63) is 12.2 Å². The van der Waals surface area contributed by atoms with Crippen molar-refractivity contribution in [1.29, 1.82) is 0 Å². The highest BCUT2D eigenvalue weighted by molar-refractivity contribution is 5.86. The van der Waals surface area contributed by atoms with Gasteiger partial charge >= 0.3 is 5.97 Å². The Balaban J connectivity index is 2.14. The molecule has 2 N–H and O–H groups in total. The van der Waals surface area contributed by atoms with Gasteiger partial charge in [0.05, 0.1) is 24.6 Å². The maximum absolute atomic E-state index is 13.1. The van der Waals surface area contributed by atoms with Gasteiger partial charge in [0.15, 0.2) is 0 Å². The molecule has 7 heteroatoms. The molecule has 2 aliphatic rings. The van der Waals surface area contributed by atoms with Crippen LogP contribution in [-0.2, 0) is 19.1 Å². The second-order valence-corrected chi connectivity index (χ2v) is 9.53. The number of hydrogen-bond donors (Lipinski definition) is 2. The van der Waals surface area contributed by atoms with Gasteiger partial charge in [0.2, 0.25) is 11.8 Å². The summed E-state index contributed by atoms with van der Waals surface area (Å²) in [5.74, 6) is -1.01. The molecule has 2 aliphatic heterocycles. The van der Waals surface area contributed by atoms with Crippen molar-refractivity contribution in [2.45, 2.75) is 84.2 Å². The molecule has 0 bridgehead atoms. The van der Waals surface area contributed by atoms with E-state index < -0.39 is 5.92 Å². The lowest BCUT2D eigenvalue weighted by Gasteiger charge is -2.32. The summed E-state index contributed by atoms with van der Waals surface area (Å²) in [4.78, 5) is 39.7. The second kappa shape index (κ2) is 11.5. The first-order valence-electron chi connectivity index (χ1n) is 11.2. The van der Waals surface area contributed by atoms with Crippen molar-refractivity contribution in [3.63, 3.8) is 0 Å². The Morgan fingerprint density at radius 1 is 1.23 bits per heavy atom. The predicted molar refractivity (Wildman–Crippen MR) is 114 cm³/mol. The van der Waals surface area contributed by atoms with Gasteiger partial charge in [-0.1, -0.05) is 32.9 Å². The summed E-state index contributed by atoms with van der Waals surface area (Å²) in [6.07, 6.45) is 9.16. The van der Waals surface area contributed by atoms with Crippen LogP contribution >= 0.6 is 0 Å². The number of nitrogens with zero attached hydrogens (tertiary/aromatic N) is 1. The Morgan fingerprint density at radius 3 is 2.70 bits per heavy atom. The molecular formula is C23H38N2O5. The fraction of sp³-hybridized carbons (Fsp3) is 0.783. The Morgan fingerprint density at radius 2 is 2.00 bits per heavy atom. The van der Waals surface area contributed by atoms with Crippen LogP contribution in [0.5, 0.6) is 0 Å².